The van der Waals surface area contributed by atoms with E-state index in [2.05, 4.69) is 164 Å². The van der Waals surface area contributed by atoms with E-state index < -0.39 is 0 Å². The monoisotopic (exact) mass is 993 g/mol. The Morgan fingerprint density at radius 3 is 2.03 bits per heavy atom. The molecule has 3 aromatic heterocycles. The first kappa shape index (κ1) is 39.8. The Bertz CT molecular complexity index is 3440. The molecular formula is C57H40N3O2Pt-. The number of furan rings is 1. The fourth-order valence-electron chi connectivity index (χ4n) is 8.87. The second-order valence-electron chi connectivity index (χ2n) is 16.2. The summed E-state index contributed by atoms with van der Waals surface area (Å²) in [6, 6.07) is 70.2. The summed E-state index contributed by atoms with van der Waals surface area (Å²) in [6.45, 7) is 4.54. The molecule has 0 radical (unpaired) electrons. The van der Waals surface area contributed by atoms with Crippen molar-refractivity contribution in [3.05, 3.63) is 218 Å². The average molecular weight is 994 g/mol. The molecule has 5 nitrogen and oxygen atoms in total. The number of imidazole rings is 1. The predicted octanol–water partition coefficient (Wildman–Crippen LogP) is 14.5. The third kappa shape index (κ3) is 6.95. The number of nitrogens with zero attached hydrogens (tertiary/aromatic N) is 3. The van der Waals surface area contributed by atoms with Crippen LogP contribution in [-0.4, -0.2) is 19.6 Å². The molecule has 0 aliphatic rings. The van der Waals surface area contributed by atoms with Crippen molar-refractivity contribution in [3.63, 3.8) is 0 Å². The minimum Gasteiger partial charge on any atom is -0.507 e. The summed E-state index contributed by atoms with van der Waals surface area (Å²) in [6.07, 6.45) is 1.88. The van der Waals surface area contributed by atoms with Gasteiger partial charge in [0, 0.05) is 49.3 Å². The van der Waals surface area contributed by atoms with Gasteiger partial charge in [0.05, 0.1) is 27.9 Å². The number of phenolic OH excluding ortho intramolecular Hbond substituents is 1. The Labute approximate surface area is 380 Å². The van der Waals surface area contributed by atoms with Crippen molar-refractivity contribution in [1.82, 2.24) is 14.5 Å². The smallest absolute Gasteiger partial charge is 0.148 e. The van der Waals surface area contributed by atoms with Crippen molar-refractivity contribution in [1.29, 1.82) is 0 Å². The zero-order valence-corrected chi connectivity index (χ0v) is 36.8. The van der Waals surface area contributed by atoms with Crippen molar-refractivity contribution in [2.45, 2.75) is 19.3 Å². The van der Waals surface area contributed by atoms with Gasteiger partial charge in [-0.3, -0.25) is 9.55 Å². The van der Waals surface area contributed by atoms with Gasteiger partial charge in [0.15, 0.2) is 0 Å². The van der Waals surface area contributed by atoms with E-state index in [0.29, 0.717) is 11.4 Å². The van der Waals surface area contributed by atoms with Crippen LogP contribution >= 0.6 is 0 Å². The number of rotatable bonds is 8. The molecule has 63 heavy (non-hydrogen) atoms. The third-order valence-corrected chi connectivity index (χ3v) is 12.2. The van der Waals surface area contributed by atoms with E-state index in [-0.39, 0.29) is 32.2 Å². The molecule has 0 bridgehead atoms. The van der Waals surface area contributed by atoms with Crippen molar-refractivity contribution in [2.75, 3.05) is 0 Å². The van der Waals surface area contributed by atoms with Crippen LogP contribution in [0.2, 0.25) is 0 Å². The Hall–Kier alpha value is -7.33. The number of pyridine rings is 1. The van der Waals surface area contributed by atoms with E-state index in [4.69, 9.17) is 14.4 Å². The summed E-state index contributed by atoms with van der Waals surface area (Å²) < 4.78 is 8.88. The molecule has 0 saturated heterocycles. The largest absolute Gasteiger partial charge is 0.507 e. The molecule has 8 aromatic carbocycles. The quantitative estimate of drug-likeness (QED) is 0.154. The normalized spacial score (nSPS) is 11.6. The number of benzene rings is 8. The molecule has 0 aliphatic carbocycles. The molecule has 11 aromatic rings. The van der Waals surface area contributed by atoms with Gasteiger partial charge >= 0.3 is 0 Å². The average Bonchev–Trinajstić information content (AvgIpc) is 3.91. The summed E-state index contributed by atoms with van der Waals surface area (Å²) in [7, 11) is 0. The van der Waals surface area contributed by atoms with Crippen molar-refractivity contribution in [3.8, 4) is 67.5 Å². The predicted molar refractivity (Wildman–Crippen MR) is 252 cm³/mol. The minimum atomic E-state index is -0.135. The topological polar surface area (TPSA) is 64.1 Å². The number of para-hydroxylation sites is 4. The van der Waals surface area contributed by atoms with Gasteiger partial charge in [-0.05, 0) is 69.6 Å². The summed E-state index contributed by atoms with van der Waals surface area (Å²) >= 11 is 0. The summed E-state index contributed by atoms with van der Waals surface area (Å²) in [5.74, 6) is 0.773. The van der Waals surface area contributed by atoms with Gasteiger partial charge in [-0.1, -0.05) is 182 Å². The molecule has 11 rings (SSSR count). The van der Waals surface area contributed by atoms with Crippen LogP contribution in [0.15, 0.2) is 205 Å². The van der Waals surface area contributed by atoms with Crippen LogP contribution in [0.25, 0.3) is 94.7 Å². The number of aromatic hydroxyl groups is 1. The standard InChI is InChI=1S/C57H40N3O2.Pt/c1-57(2,41-18-7-4-8-19-41)42-30-28-37(29-31-42)39-32-33-58-49(36-39)40-34-47-44-21-11-14-27-53(44)62-55(47)48(35-40)45-23-15-25-51-54(45)59-56(46-22-10-13-26-52(46)61)60(51)50-24-12-9-20-43(50)38-16-5-3-6-17-38;/h3-34,36,61H,1-2H3;/q-1;. The zero-order chi connectivity index (χ0) is 41.8. The molecule has 0 saturated carbocycles. The second kappa shape index (κ2) is 16.2. The van der Waals surface area contributed by atoms with Crippen molar-refractivity contribution >= 4 is 33.0 Å². The van der Waals surface area contributed by atoms with Gasteiger partial charge in [-0.25, -0.2) is 4.98 Å². The van der Waals surface area contributed by atoms with E-state index in [1.54, 1.807) is 6.07 Å². The number of aromatic nitrogens is 3. The van der Waals surface area contributed by atoms with E-state index in [1.165, 1.54) is 11.1 Å². The second-order valence-corrected chi connectivity index (χ2v) is 16.2. The van der Waals surface area contributed by atoms with E-state index in [9.17, 15) is 5.11 Å². The Morgan fingerprint density at radius 1 is 0.571 bits per heavy atom. The fraction of sp³-hybridized carbons (Fsp3) is 0.0526. The number of fused-ring (bicyclic) bond motifs is 4. The van der Waals surface area contributed by atoms with Crippen LogP contribution in [0.3, 0.4) is 0 Å². The van der Waals surface area contributed by atoms with Crippen LogP contribution < -0.4 is 0 Å². The van der Waals surface area contributed by atoms with Gasteiger partial charge in [0.2, 0.25) is 0 Å². The van der Waals surface area contributed by atoms with Crippen LogP contribution in [0.4, 0.5) is 0 Å². The molecular weight excluding hydrogens is 954 g/mol. The molecule has 0 fully saturated rings. The number of hydrogen-bond acceptors (Lipinski definition) is 4. The first-order chi connectivity index (χ1) is 30.4. The van der Waals surface area contributed by atoms with Crippen molar-refractivity contribution in [2.24, 2.45) is 0 Å². The maximum absolute atomic E-state index is 11.3. The molecule has 0 atom stereocenters. The molecule has 0 amide bonds. The molecule has 0 unspecified atom stereocenters. The van der Waals surface area contributed by atoms with Crippen LogP contribution in [0, 0.1) is 6.07 Å². The Balaban J connectivity index is 0.00000471. The molecule has 1 N–H and O–H groups in total. The van der Waals surface area contributed by atoms with E-state index in [1.807, 2.05) is 54.7 Å². The van der Waals surface area contributed by atoms with Crippen LogP contribution in [-0.2, 0) is 26.5 Å². The minimum absolute atomic E-state index is 0. The van der Waals surface area contributed by atoms with E-state index in [0.717, 1.165) is 83.3 Å². The van der Waals surface area contributed by atoms with E-state index >= 15 is 0 Å². The molecule has 0 aliphatic heterocycles. The van der Waals surface area contributed by atoms with Crippen molar-refractivity contribution < 1.29 is 30.6 Å². The molecule has 0 spiro atoms. The number of phenols is 1. The van der Waals surface area contributed by atoms with Crippen LogP contribution in [0.5, 0.6) is 5.75 Å². The maximum atomic E-state index is 11.3. The molecule has 306 valence electrons. The van der Waals surface area contributed by atoms with Gasteiger partial charge in [0.25, 0.3) is 0 Å². The SMILES string of the molecule is CC(C)(c1ccccc1)c1ccc(-c2ccnc(-c3[c-]c(-c4cccc5c4nc(-c4ccccc4O)n5-c4ccccc4-c4ccccc4)c4oc5ccccc5c4c3)c2)cc1.[Pt]. The summed E-state index contributed by atoms with van der Waals surface area (Å²) in [5.41, 5.74) is 14.7. The first-order valence-electron chi connectivity index (χ1n) is 20.9. The Kier molecular flexibility index (Phi) is 10.2. The molecule has 3 heterocycles. The first-order valence-corrected chi connectivity index (χ1v) is 20.9. The van der Waals surface area contributed by atoms with Gasteiger partial charge in [-0.2, -0.15) is 0 Å². The van der Waals surface area contributed by atoms with Gasteiger partial charge < -0.3 is 9.52 Å². The molecule has 6 heteroatoms. The summed E-state index contributed by atoms with van der Waals surface area (Å²) in [5, 5.41) is 13.3. The van der Waals surface area contributed by atoms with Gasteiger partial charge in [0.1, 0.15) is 17.2 Å². The summed E-state index contributed by atoms with van der Waals surface area (Å²) in [4.78, 5) is 10.4. The van der Waals surface area contributed by atoms with Gasteiger partial charge in [-0.15, -0.1) is 12.1 Å². The third-order valence-electron chi connectivity index (χ3n) is 12.2. The number of hydrogen-bond donors (Lipinski definition) is 1. The Morgan fingerprint density at radius 2 is 1.24 bits per heavy atom. The van der Waals surface area contributed by atoms with Crippen LogP contribution in [0.1, 0.15) is 25.0 Å². The zero-order valence-electron chi connectivity index (χ0n) is 34.6. The fourth-order valence-corrected chi connectivity index (χ4v) is 8.87. The maximum Gasteiger partial charge on any atom is 0.148 e.